The first kappa shape index (κ1) is 19.3. The topological polar surface area (TPSA) is 63.5 Å². The van der Waals surface area contributed by atoms with Crippen LogP contribution < -0.4 is 14.2 Å². The van der Waals surface area contributed by atoms with Gasteiger partial charge in [0, 0.05) is 23.1 Å². The molecule has 3 aromatic carbocycles. The van der Waals surface area contributed by atoms with Crippen molar-refractivity contribution in [3.8, 4) is 23.0 Å². The Hall–Kier alpha value is -3.67. The summed E-state index contributed by atoms with van der Waals surface area (Å²) in [4.78, 5) is 0. The van der Waals surface area contributed by atoms with Crippen molar-refractivity contribution in [3.05, 3.63) is 82.9 Å². The number of phenols is 1. The Kier molecular flexibility index (Phi) is 4.70. The van der Waals surface area contributed by atoms with Crippen LogP contribution in [0, 0.1) is 6.92 Å². The van der Waals surface area contributed by atoms with Gasteiger partial charge in [-0.15, -0.1) is 0 Å². The highest BCUT2D eigenvalue weighted by atomic mass is 16.5. The molecule has 6 heteroatoms. The number of phenolic OH excluding ortho intramolecular Hbond substituents is 1. The van der Waals surface area contributed by atoms with Gasteiger partial charge in [0.25, 0.3) is 0 Å². The second-order valence-electron chi connectivity index (χ2n) is 7.79. The van der Waals surface area contributed by atoms with Crippen molar-refractivity contribution >= 4 is 5.71 Å². The molecule has 0 aliphatic carbocycles. The molecule has 0 unspecified atom stereocenters. The van der Waals surface area contributed by atoms with Crippen LogP contribution in [0.15, 0.2) is 65.8 Å². The van der Waals surface area contributed by atoms with Crippen molar-refractivity contribution in [2.24, 2.45) is 5.10 Å². The normalized spacial score (nSPS) is 19.2. The summed E-state index contributed by atoms with van der Waals surface area (Å²) >= 11 is 0. The summed E-state index contributed by atoms with van der Waals surface area (Å²) in [5.74, 6) is 2.45. The molecule has 1 N–H and O–H groups in total. The summed E-state index contributed by atoms with van der Waals surface area (Å²) in [6, 6.07) is 19.3. The van der Waals surface area contributed by atoms with Gasteiger partial charge in [-0.3, -0.25) is 0 Å². The smallest absolute Gasteiger partial charge is 0.214 e. The van der Waals surface area contributed by atoms with Gasteiger partial charge >= 0.3 is 0 Å². The molecule has 0 amide bonds. The summed E-state index contributed by atoms with van der Waals surface area (Å²) in [6.07, 6.45) is 0.233. The van der Waals surface area contributed by atoms with E-state index >= 15 is 0 Å². The lowest BCUT2D eigenvalue weighted by atomic mass is 9.94. The largest absolute Gasteiger partial charge is 0.507 e. The monoisotopic (exact) mass is 416 g/mol. The van der Waals surface area contributed by atoms with Gasteiger partial charge in [0.1, 0.15) is 11.5 Å². The van der Waals surface area contributed by atoms with Gasteiger partial charge in [-0.05, 0) is 49.4 Å². The van der Waals surface area contributed by atoms with Gasteiger partial charge < -0.3 is 19.3 Å². The van der Waals surface area contributed by atoms with E-state index in [-0.39, 0.29) is 11.8 Å². The number of ether oxygens (including phenoxy) is 3. The average Bonchev–Trinajstić information content (AvgIpc) is 3.25. The van der Waals surface area contributed by atoms with Crippen LogP contribution in [0.3, 0.4) is 0 Å². The Morgan fingerprint density at radius 2 is 1.84 bits per heavy atom. The van der Waals surface area contributed by atoms with E-state index in [4.69, 9.17) is 19.3 Å². The molecular weight excluding hydrogens is 392 g/mol. The number of fused-ring (bicyclic) bond motifs is 3. The van der Waals surface area contributed by atoms with Gasteiger partial charge in [-0.1, -0.05) is 23.8 Å². The fourth-order valence-corrected chi connectivity index (χ4v) is 4.28. The minimum atomic E-state index is -0.427. The number of hydrogen-bond donors (Lipinski definition) is 1. The van der Waals surface area contributed by atoms with Gasteiger partial charge in [0.05, 0.1) is 26.0 Å². The summed E-state index contributed by atoms with van der Waals surface area (Å²) in [5, 5.41) is 17.4. The Bertz CT molecular complexity index is 1160. The lowest BCUT2D eigenvalue weighted by Crippen LogP contribution is -2.33. The zero-order chi connectivity index (χ0) is 21.5. The Balaban J connectivity index is 1.62. The average molecular weight is 416 g/mol. The molecule has 5 rings (SSSR count). The predicted octanol–water partition coefficient (Wildman–Crippen LogP) is 4.96. The van der Waals surface area contributed by atoms with Crippen LogP contribution in [0.2, 0.25) is 0 Å². The second-order valence-corrected chi connectivity index (χ2v) is 7.79. The highest BCUT2D eigenvalue weighted by Crippen LogP contribution is 2.51. The second kappa shape index (κ2) is 7.54. The fourth-order valence-electron chi connectivity index (χ4n) is 4.28. The number of aromatic hydroxyl groups is 1. The first-order valence-corrected chi connectivity index (χ1v) is 10.2. The highest BCUT2D eigenvalue weighted by Gasteiger charge is 2.42. The van der Waals surface area contributed by atoms with Crippen LogP contribution in [-0.4, -0.2) is 30.0 Å². The molecule has 31 heavy (non-hydrogen) atoms. The molecule has 2 aliphatic rings. The molecule has 3 aromatic rings. The summed E-state index contributed by atoms with van der Waals surface area (Å²) in [7, 11) is 3.30. The first-order chi connectivity index (χ1) is 15.1. The van der Waals surface area contributed by atoms with Crippen LogP contribution >= 0.6 is 0 Å². The van der Waals surface area contributed by atoms with Crippen molar-refractivity contribution in [2.75, 3.05) is 14.2 Å². The number of hydrazone groups is 1. The van der Waals surface area contributed by atoms with E-state index in [1.165, 1.54) is 0 Å². The van der Waals surface area contributed by atoms with E-state index in [9.17, 15) is 5.11 Å². The molecule has 2 aliphatic heterocycles. The van der Waals surface area contributed by atoms with Crippen molar-refractivity contribution in [1.82, 2.24) is 5.01 Å². The summed E-state index contributed by atoms with van der Waals surface area (Å²) in [5.41, 5.74) is 4.65. The van der Waals surface area contributed by atoms with Gasteiger partial charge in [0.2, 0.25) is 6.23 Å². The molecule has 0 aromatic heterocycles. The third kappa shape index (κ3) is 3.24. The Morgan fingerprint density at radius 3 is 2.58 bits per heavy atom. The summed E-state index contributed by atoms with van der Waals surface area (Å²) in [6.45, 7) is 2.01. The third-order valence-corrected chi connectivity index (χ3v) is 5.86. The third-order valence-electron chi connectivity index (χ3n) is 5.86. The molecular formula is C25H24N2O4. The number of nitrogens with zero attached hydrogens (tertiary/aromatic N) is 2. The predicted molar refractivity (Wildman–Crippen MR) is 118 cm³/mol. The number of hydrogen-bond acceptors (Lipinski definition) is 6. The van der Waals surface area contributed by atoms with Crippen molar-refractivity contribution in [3.63, 3.8) is 0 Å². The number of benzene rings is 3. The molecule has 2 heterocycles. The van der Waals surface area contributed by atoms with Crippen molar-refractivity contribution < 1.29 is 19.3 Å². The van der Waals surface area contributed by atoms with Crippen LogP contribution in [0.1, 0.15) is 40.9 Å². The molecule has 0 fully saturated rings. The van der Waals surface area contributed by atoms with E-state index in [0.717, 1.165) is 39.5 Å². The maximum Gasteiger partial charge on any atom is 0.214 e. The van der Waals surface area contributed by atoms with Crippen LogP contribution in [0.4, 0.5) is 0 Å². The standard InChI is InChI=1S/C25H24N2O4/c1-15-7-12-22(28)19(13-15)20-14-21-18-5-4-6-23(30-3)24(18)31-25(27(21)26-20)16-8-10-17(29-2)11-9-16/h4-13,21,25,28H,14H2,1-3H3/t21-,25+/m1/s1. The minimum absolute atomic E-state index is 0.0270. The first-order valence-electron chi connectivity index (χ1n) is 10.2. The van der Waals surface area contributed by atoms with Crippen LogP contribution in [0.25, 0.3) is 0 Å². The number of rotatable bonds is 4. The fraction of sp³-hybridized carbons (Fsp3) is 0.240. The molecule has 0 saturated heterocycles. The molecule has 0 spiro atoms. The lowest BCUT2D eigenvalue weighted by Gasteiger charge is -2.38. The van der Waals surface area contributed by atoms with Crippen LogP contribution in [-0.2, 0) is 0 Å². The number of methoxy groups -OCH3 is 2. The zero-order valence-corrected chi connectivity index (χ0v) is 17.7. The Morgan fingerprint density at radius 1 is 1.03 bits per heavy atom. The van der Waals surface area contributed by atoms with Gasteiger partial charge in [-0.25, -0.2) is 5.01 Å². The SMILES string of the molecule is COc1ccc([C@@H]2Oc3c(OC)cccc3[C@H]3CC(c4cc(C)ccc4O)=NN32)cc1. The highest BCUT2D eigenvalue weighted by molar-refractivity contribution is 6.04. The number of para-hydroxylation sites is 1. The summed E-state index contributed by atoms with van der Waals surface area (Å²) < 4.78 is 17.3. The lowest BCUT2D eigenvalue weighted by molar-refractivity contribution is -0.0209. The van der Waals surface area contributed by atoms with Crippen molar-refractivity contribution in [1.29, 1.82) is 0 Å². The van der Waals surface area contributed by atoms with Crippen LogP contribution in [0.5, 0.6) is 23.0 Å². The molecule has 158 valence electrons. The van der Waals surface area contributed by atoms with E-state index in [1.54, 1.807) is 20.3 Å². The molecule has 0 saturated carbocycles. The quantitative estimate of drug-likeness (QED) is 0.651. The molecule has 0 radical (unpaired) electrons. The van der Waals surface area contributed by atoms with E-state index in [1.807, 2.05) is 66.5 Å². The van der Waals surface area contributed by atoms with E-state index in [2.05, 4.69) is 0 Å². The van der Waals surface area contributed by atoms with Gasteiger partial charge in [-0.2, -0.15) is 5.10 Å². The maximum absolute atomic E-state index is 10.5. The van der Waals surface area contributed by atoms with E-state index < -0.39 is 6.23 Å². The molecule has 0 bridgehead atoms. The Labute approximate surface area is 181 Å². The molecule has 6 nitrogen and oxygen atoms in total. The minimum Gasteiger partial charge on any atom is -0.507 e. The van der Waals surface area contributed by atoms with E-state index in [0.29, 0.717) is 12.2 Å². The maximum atomic E-state index is 10.5. The zero-order valence-electron chi connectivity index (χ0n) is 17.7. The molecule has 2 atom stereocenters. The van der Waals surface area contributed by atoms with Gasteiger partial charge in [0.15, 0.2) is 11.5 Å². The number of aryl methyl sites for hydroxylation is 1. The van der Waals surface area contributed by atoms with Crippen molar-refractivity contribution in [2.45, 2.75) is 25.6 Å².